The average Bonchev–Trinajstić information content (AvgIpc) is 2.74. The minimum absolute atomic E-state index is 0.0728. The molecule has 0 aromatic heterocycles. The van der Waals surface area contributed by atoms with Crippen LogP contribution < -0.4 is 14.8 Å². The molecule has 1 N–H and O–H groups in total. The van der Waals surface area contributed by atoms with E-state index in [1.165, 1.54) is 0 Å². The third-order valence-corrected chi connectivity index (χ3v) is 5.63. The number of nitrogens with one attached hydrogen (secondary N) is 1. The van der Waals surface area contributed by atoms with E-state index in [9.17, 15) is 9.59 Å². The van der Waals surface area contributed by atoms with E-state index in [2.05, 4.69) is 21.2 Å². The lowest BCUT2D eigenvalue weighted by Crippen LogP contribution is -2.52. The molecule has 0 bridgehead atoms. The highest BCUT2D eigenvalue weighted by Gasteiger charge is 2.28. The highest BCUT2D eigenvalue weighted by Crippen LogP contribution is 2.31. The summed E-state index contributed by atoms with van der Waals surface area (Å²) in [6.45, 7) is 9.00. The molecule has 2 aromatic carbocycles. The molecule has 0 saturated carbocycles. The van der Waals surface area contributed by atoms with Gasteiger partial charge >= 0.3 is 0 Å². The van der Waals surface area contributed by atoms with E-state index in [4.69, 9.17) is 9.47 Å². The summed E-state index contributed by atoms with van der Waals surface area (Å²) in [4.78, 5) is 27.8. The van der Waals surface area contributed by atoms with Crippen LogP contribution in [0.2, 0.25) is 0 Å². The van der Waals surface area contributed by atoms with Crippen LogP contribution in [0.5, 0.6) is 11.5 Å². The lowest BCUT2D eigenvalue weighted by atomic mass is 10.1. The van der Waals surface area contributed by atoms with Crippen molar-refractivity contribution in [1.82, 2.24) is 10.2 Å². The second-order valence-corrected chi connectivity index (χ2v) is 9.96. The molecule has 0 saturated heterocycles. The number of hydrogen-bond donors (Lipinski definition) is 1. The molecule has 6 nitrogen and oxygen atoms in total. The Bertz CT molecular complexity index is 971. The van der Waals surface area contributed by atoms with Crippen molar-refractivity contribution >= 4 is 27.7 Å². The van der Waals surface area contributed by atoms with Crippen molar-refractivity contribution < 1.29 is 19.1 Å². The fourth-order valence-corrected chi connectivity index (χ4v) is 3.97. The van der Waals surface area contributed by atoms with E-state index in [1.54, 1.807) is 11.8 Å². The van der Waals surface area contributed by atoms with E-state index in [1.807, 2.05) is 63.2 Å². The number of amides is 2. The first-order chi connectivity index (χ1) is 15.1. The molecular weight excluding hydrogens is 472 g/mol. The van der Waals surface area contributed by atoms with E-state index >= 15 is 0 Å². The van der Waals surface area contributed by atoms with Gasteiger partial charge in [0.05, 0.1) is 0 Å². The van der Waals surface area contributed by atoms with Crippen molar-refractivity contribution in [1.29, 1.82) is 0 Å². The highest BCUT2D eigenvalue weighted by atomic mass is 79.9. The summed E-state index contributed by atoms with van der Waals surface area (Å²) >= 11 is 3.48. The van der Waals surface area contributed by atoms with Crippen molar-refractivity contribution in [2.75, 3.05) is 13.2 Å². The van der Waals surface area contributed by atoms with Gasteiger partial charge in [0.25, 0.3) is 0 Å². The summed E-state index contributed by atoms with van der Waals surface area (Å²) in [6.07, 6.45) is 0.846. The molecule has 2 amide bonds. The lowest BCUT2D eigenvalue weighted by Gasteiger charge is -2.31. The molecule has 0 radical (unpaired) electrons. The maximum atomic E-state index is 13.3. The Hall–Kier alpha value is -2.54. The zero-order chi connectivity index (χ0) is 23.3. The third-order valence-electron chi connectivity index (χ3n) is 5.14. The number of carbonyl (C=O) groups is 2. The SMILES string of the molecule is C[C@@H](C(=O)NC(C)(C)C)N(Cc1cccc(Br)c1)C(=O)CCc1ccc2c(c1)OCCO2. The number of nitrogens with zero attached hydrogens (tertiary/aromatic N) is 1. The number of rotatable bonds is 7. The molecule has 172 valence electrons. The van der Waals surface area contributed by atoms with Crippen LogP contribution in [0.1, 0.15) is 45.2 Å². The first kappa shape index (κ1) is 24.1. The van der Waals surface area contributed by atoms with Crippen molar-refractivity contribution in [3.8, 4) is 11.5 Å². The van der Waals surface area contributed by atoms with E-state index in [0.717, 1.165) is 21.3 Å². The zero-order valence-corrected chi connectivity index (χ0v) is 20.7. The average molecular weight is 503 g/mol. The summed E-state index contributed by atoms with van der Waals surface area (Å²) in [5.74, 6) is 1.21. The molecular formula is C25H31BrN2O4. The Morgan fingerprint density at radius 1 is 1.06 bits per heavy atom. The second-order valence-electron chi connectivity index (χ2n) is 9.04. The third kappa shape index (κ3) is 6.73. The Balaban J connectivity index is 1.73. The van der Waals surface area contributed by atoms with Crippen LogP contribution in [0.15, 0.2) is 46.9 Å². The molecule has 1 atom stereocenters. The minimum atomic E-state index is -0.596. The largest absolute Gasteiger partial charge is 0.486 e. The zero-order valence-electron chi connectivity index (χ0n) is 19.1. The fraction of sp³-hybridized carbons (Fsp3) is 0.440. The van der Waals surface area contributed by atoms with E-state index < -0.39 is 6.04 Å². The number of carbonyl (C=O) groups excluding carboxylic acids is 2. The van der Waals surface area contributed by atoms with Gasteiger partial charge < -0.3 is 19.7 Å². The monoisotopic (exact) mass is 502 g/mol. The van der Waals surface area contributed by atoms with Crippen LogP contribution in [0.3, 0.4) is 0 Å². The van der Waals surface area contributed by atoms with Gasteiger partial charge in [0.1, 0.15) is 19.3 Å². The van der Waals surface area contributed by atoms with E-state index in [-0.39, 0.29) is 17.4 Å². The van der Waals surface area contributed by atoms with Crippen LogP contribution in [-0.4, -0.2) is 41.5 Å². The Kier molecular flexibility index (Phi) is 7.82. The predicted molar refractivity (Wildman–Crippen MR) is 128 cm³/mol. The number of ether oxygens (including phenoxy) is 2. The highest BCUT2D eigenvalue weighted by molar-refractivity contribution is 9.10. The first-order valence-electron chi connectivity index (χ1n) is 10.9. The van der Waals surface area contributed by atoms with Crippen molar-refractivity contribution in [2.45, 2.75) is 58.7 Å². The number of aryl methyl sites for hydroxylation is 1. The minimum Gasteiger partial charge on any atom is -0.486 e. The number of hydrogen-bond acceptors (Lipinski definition) is 4. The Morgan fingerprint density at radius 3 is 2.47 bits per heavy atom. The quantitative estimate of drug-likeness (QED) is 0.605. The summed E-state index contributed by atoms with van der Waals surface area (Å²) < 4.78 is 12.1. The van der Waals surface area contributed by atoms with Crippen molar-refractivity contribution in [2.24, 2.45) is 0 Å². The summed E-state index contributed by atoms with van der Waals surface area (Å²) in [7, 11) is 0. The van der Waals surface area contributed by atoms with Crippen LogP contribution in [0, 0.1) is 0 Å². The van der Waals surface area contributed by atoms with Gasteiger partial charge in [-0.25, -0.2) is 0 Å². The molecule has 1 aliphatic heterocycles. The van der Waals surface area contributed by atoms with Gasteiger partial charge in [0.2, 0.25) is 11.8 Å². The van der Waals surface area contributed by atoms with Crippen LogP contribution >= 0.6 is 15.9 Å². The van der Waals surface area contributed by atoms with Gasteiger partial charge in [-0.05, 0) is 69.5 Å². The summed E-state index contributed by atoms with van der Waals surface area (Å²) in [5, 5.41) is 2.99. The topological polar surface area (TPSA) is 67.9 Å². The summed E-state index contributed by atoms with van der Waals surface area (Å²) in [6, 6.07) is 13.0. The first-order valence-corrected chi connectivity index (χ1v) is 11.7. The molecule has 1 aliphatic rings. The van der Waals surface area contributed by atoms with Gasteiger partial charge in [0.15, 0.2) is 11.5 Å². The van der Waals surface area contributed by atoms with Gasteiger partial charge in [-0.3, -0.25) is 9.59 Å². The molecule has 7 heteroatoms. The summed E-state index contributed by atoms with van der Waals surface area (Å²) in [5.41, 5.74) is 1.58. The van der Waals surface area contributed by atoms with Gasteiger partial charge in [-0.1, -0.05) is 34.1 Å². The molecule has 1 heterocycles. The number of fused-ring (bicyclic) bond motifs is 1. The lowest BCUT2D eigenvalue weighted by molar-refractivity contribution is -0.141. The van der Waals surface area contributed by atoms with Crippen molar-refractivity contribution in [3.63, 3.8) is 0 Å². The predicted octanol–water partition coefficient (Wildman–Crippen LogP) is 4.48. The Morgan fingerprint density at radius 2 is 1.78 bits per heavy atom. The van der Waals surface area contributed by atoms with Crippen LogP contribution in [0.4, 0.5) is 0 Å². The molecule has 32 heavy (non-hydrogen) atoms. The van der Waals surface area contributed by atoms with Crippen LogP contribution in [0.25, 0.3) is 0 Å². The van der Waals surface area contributed by atoms with Gasteiger partial charge in [-0.2, -0.15) is 0 Å². The van der Waals surface area contributed by atoms with E-state index in [0.29, 0.717) is 38.3 Å². The smallest absolute Gasteiger partial charge is 0.242 e. The van der Waals surface area contributed by atoms with Gasteiger partial charge in [-0.15, -0.1) is 0 Å². The molecule has 0 unspecified atom stereocenters. The standard InChI is InChI=1S/C25H31BrN2O4/c1-17(24(30)27-25(2,3)4)28(16-19-6-5-7-20(26)14-19)23(29)11-9-18-8-10-21-22(15-18)32-13-12-31-21/h5-8,10,14-15,17H,9,11-13,16H2,1-4H3,(H,27,30)/t17-/m0/s1. The molecule has 2 aromatic rings. The maximum absolute atomic E-state index is 13.3. The maximum Gasteiger partial charge on any atom is 0.242 e. The fourth-order valence-electron chi connectivity index (χ4n) is 3.53. The molecule has 0 spiro atoms. The normalized spacial score (nSPS) is 13.9. The number of halogens is 1. The Labute approximate surface area is 198 Å². The number of benzene rings is 2. The van der Waals surface area contributed by atoms with Crippen LogP contribution in [-0.2, 0) is 22.6 Å². The van der Waals surface area contributed by atoms with Gasteiger partial charge in [0, 0.05) is 23.0 Å². The molecule has 0 fully saturated rings. The second kappa shape index (κ2) is 10.4. The molecule has 3 rings (SSSR count). The van der Waals surface area contributed by atoms with Crippen molar-refractivity contribution in [3.05, 3.63) is 58.1 Å². The molecule has 0 aliphatic carbocycles.